The van der Waals surface area contributed by atoms with E-state index in [2.05, 4.69) is 166 Å². The second-order valence-corrected chi connectivity index (χ2v) is 14.3. The van der Waals surface area contributed by atoms with Crippen molar-refractivity contribution >= 4 is 33.9 Å². The average molecular weight is 694 g/mol. The van der Waals surface area contributed by atoms with E-state index in [9.17, 15) is 4.79 Å². The third kappa shape index (κ3) is 6.91. The molecule has 2 heterocycles. The summed E-state index contributed by atoms with van der Waals surface area (Å²) in [5.41, 5.74) is 18.3. The number of hydrogen-bond acceptors (Lipinski definition) is 1. The Kier molecular flexibility index (Phi) is 11.2. The van der Waals surface area contributed by atoms with Gasteiger partial charge in [-0.25, -0.2) is 4.40 Å². The number of carbonyl (C=O) groups is 1. The minimum absolute atomic E-state index is 0.837. The molecular formula is C51H51NO. The fourth-order valence-electron chi connectivity index (χ4n) is 8.50. The predicted molar refractivity (Wildman–Crippen MR) is 224 cm³/mol. The molecule has 5 aromatic carbocycles. The first-order valence-electron chi connectivity index (χ1n) is 19.7. The summed E-state index contributed by atoms with van der Waals surface area (Å²) in [6, 6.07) is 48.0. The summed E-state index contributed by atoms with van der Waals surface area (Å²) in [5, 5.41) is 1.05. The molecule has 0 aliphatic rings. The molecule has 0 unspecified atom stereocenters. The van der Waals surface area contributed by atoms with Gasteiger partial charge in [-0.1, -0.05) is 191 Å². The molecule has 53 heavy (non-hydrogen) atoms. The maximum absolute atomic E-state index is 13.2. The SMILES string of the molecule is CCCc1c(CCC)c(CCC)[n+]2c3ccc(-c4ccc(C(=C(c5ccccc5)c5ccccc5)c5ccccc5)cc4)cc3[c-](C=O)c2c1CCC. The van der Waals surface area contributed by atoms with Crippen LogP contribution in [0.25, 0.3) is 38.7 Å². The Balaban J connectivity index is 1.43. The minimum Gasteiger partial charge on any atom is -0.309 e. The molecule has 2 heteroatoms. The quantitative estimate of drug-likeness (QED) is 0.0481. The maximum Gasteiger partial charge on any atom is 0.180 e. The second kappa shape index (κ2) is 16.5. The van der Waals surface area contributed by atoms with Gasteiger partial charge in [0.25, 0.3) is 0 Å². The zero-order valence-corrected chi connectivity index (χ0v) is 31.8. The fraction of sp³-hybridized carbons (Fsp3) is 0.235. The van der Waals surface area contributed by atoms with Gasteiger partial charge in [0.1, 0.15) is 17.3 Å². The first kappa shape index (κ1) is 35.9. The summed E-state index contributed by atoms with van der Waals surface area (Å²) in [6.07, 6.45) is 9.59. The molecule has 0 N–H and O–H groups in total. The number of aryl methyl sites for hydroxylation is 2. The van der Waals surface area contributed by atoms with Gasteiger partial charge in [-0.3, -0.25) is 0 Å². The Bertz CT molecular complexity index is 2320. The first-order valence-corrected chi connectivity index (χ1v) is 19.7. The van der Waals surface area contributed by atoms with Crippen LogP contribution in [0.1, 0.15) is 108 Å². The molecule has 0 aliphatic carbocycles. The summed E-state index contributed by atoms with van der Waals surface area (Å²) in [7, 11) is 0. The number of nitrogens with zero attached hydrogens (tertiary/aromatic N) is 1. The van der Waals surface area contributed by atoms with Crippen LogP contribution >= 0.6 is 0 Å². The van der Waals surface area contributed by atoms with Gasteiger partial charge in [-0.2, -0.15) is 0 Å². The maximum atomic E-state index is 13.2. The van der Waals surface area contributed by atoms with E-state index in [4.69, 9.17) is 0 Å². The van der Waals surface area contributed by atoms with Gasteiger partial charge in [0, 0.05) is 17.5 Å². The Hall–Kier alpha value is -5.47. The van der Waals surface area contributed by atoms with Crippen molar-refractivity contribution in [1.82, 2.24) is 0 Å². The first-order chi connectivity index (χ1) is 26.1. The highest BCUT2D eigenvalue weighted by Gasteiger charge is 2.27. The molecule has 7 rings (SSSR count). The van der Waals surface area contributed by atoms with E-state index in [0.29, 0.717) is 0 Å². The van der Waals surface area contributed by atoms with Gasteiger partial charge in [0.05, 0.1) is 0 Å². The Morgan fingerprint density at radius 2 is 0.962 bits per heavy atom. The number of aldehydes is 1. The van der Waals surface area contributed by atoms with Crippen LogP contribution in [-0.2, 0) is 25.7 Å². The Morgan fingerprint density at radius 1 is 0.509 bits per heavy atom. The second-order valence-electron chi connectivity index (χ2n) is 14.3. The summed E-state index contributed by atoms with van der Waals surface area (Å²) in [5.74, 6) is 0. The zero-order valence-electron chi connectivity index (χ0n) is 31.8. The van der Waals surface area contributed by atoms with E-state index in [0.717, 1.165) is 96.3 Å². The van der Waals surface area contributed by atoms with Crippen molar-refractivity contribution in [3.63, 3.8) is 0 Å². The van der Waals surface area contributed by atoms with Gasteiger partial charge in [-0.15, -0.1) is 6.07 Å². The van der Waals surface area contributed by atoms with Crippen molar-refractivity contribution in [3.8, 4) is 11.1 Å². The van der Waals surface area contributed by atoms with Crippen LogP contribution in [0.3, 0.4) is 0 Å². The summed E-state index contributed by atoms with van der Waals surface area (Å²) in [6.45, 7) is 9.11. The van der Waals surface area contributed by atoms with Crippen molar-refractivity contribution in [2.75, 3.05) is 0 Å². The van der Waals surface area contributed by atoms with Crippen LogP contribution in [-0.4, -0.2) is 6.29 Å². The lowest BCUT2D eigenvalue weighted by Crippen LogP contribution is -2.31. The molecule has 0 spiro atoms. The lowest BCUT2D eigenvalue weighted by atomic mass is 9.85. The van der Waals surface area contributed by atoms with Crippen LogP contribution in [0.15, 0.2) is 133 Å². The standard InChI is InChI=1S/C51H51NO/c1-5-18-42-43(19-6-2)47(21-8-4)52-48-33-32-41(34-45(48)46(35-53)51(52)44(42)20-7-3)36-28-30-40(31-29-36)50(39-26-16-11-17-27-39)49(37-22-12-9-13-23-37)38-24-14-10-15-25-38/h9-17,22-35H,5-8,18-21H2,1-4H3. The number of benzene rings is 5. The van der Waals surface area contributed by atoms with Gasteiger partial charge < -0.3 is 4.79 Å². The van der Waals surface area contributed by atoms with Crippen LogP contribution in [0.2, 0.25) is 0 Å². The molecule has 0 aliphatic heterocycles. The number of hydrogen-bond donors (Lipinski definition) is 0. The highest BCUT2D eigenvalue weighted by molar-refractivity contribution is 6.06. The molecule has 7 aromatic rings. The molecule has 0 fully saturated rings. The molecular weight excluding hydrogens is 643 g/mol. The van der Waals surface area contributed by atoms with E-state index in [1.807, 2.05) is 0 Å². The molecule has 266 valence electrons. The van der Waals surface area contributed by atoms with E-state index >= 15 is 0 Å². The third-order valence-electron chi connectivity index (χ3n) is 10.7. The topological polar surface area (TPSA) is 21.2 Å². The lowest BCUT2D eigenvalue weighted by Gasteiger charge is -2.20. The Morgan fingerprint density at radius 3 is 1.45 bits per heavy atom. The van der Waals surface area contributed by atoms with E-state index < -0.39 is 0 Å². The van der Waals surface area contributed by atoms with Gasteiger partial charge >= 0.3 is 0 Å². The van der Waals surface area contributed by atoms with Crippen LogP contribution < -0.4 is 4.40 Å². The third-order valence-corrected chi connectivity index (χ3v) is 10.7. The van der Waals surface area contributed by atoms with Crippen molar-refractivity contribution in [1.29, 1.82) is 0 Å². The normalized spacial score (nSPS) is 11.3. The van der Waals surface area contributed by atoms with Crippen LogP contribution in [0.4, 0.5) is 0 Å². The van der Waals surface area contributed by atoms with Crippen molar-refractivity contribution in [3.05, 3.63) is 184 Å². The number of rotatable bonds is 14. The Labute approximate surface area is 315 Å². The summed E-state index contributed by atoms with van der Waals surface area (Å²) in [4.78, 5) is 13.2. The highest BCUT2D eigenvalue weighted by Crippen LogP contribution is 2.38. The molecule has 0 bridgehead atoms. The molecule has 0 saturated heterocycles. The summed E-state index contributed by atoms with van der Waals surface area (Å²) >= 11 is 0. The van der Waals surface area contributed by atoms with Gasteiger partial charge in [-0.05, 0) is 69.9 Å². The predicted octanol–water partition coefficient (Wildman–Crippen LogP) is 12.6. The smallest absolute Gasteiger partial charge is 0.180 e. The number of pyridine rings is 1. The van der Waals surface area contributed by atoms with Crippen molar-refractivity contribution in [2.45, 2.75) is 79.1 Å². The van der Waals surface area contributed by atoms with Crippen molar-refractivity contribution < 1.29 is 9.20 Å². The van der Waals surface area contributed by atoms with Crippen LogP contribution in [0.5, 0.6) is 0 Å². The molecule has 0 atom stereocenters. The largest absolute Gasteiger partial charge is 0.309 e. The van der Waals surface area contributed by atoms with E-state index in [1.54, 1.807) is 0 Å². The molecule has 2 aromatic heterocycles. The number of aromatic nitrogens is 1. The molecule has 0 radical (unpaired) electrons. The molecule has 0 saturated carbocycles. The highest BCUT2D eigenvalue weighted by atomic mass is 16.1. The number of fused-ring (bicyclic) bond motifs is 3. The van der Waals surface area contributed by atoms with Gasteiger partial charge in [0.15, 0.2) is 5.69 Å². The van der Waals surface area contributed by atoms with Crippen LogP contribution in [0, 0.1) is 0 Å². The summed E-state index contributed by atoms with van der Waals surface area (Å²) < 4.78 is 2.48. The van der Waals surface area contributed by atoms with Gasteiger partial charge in [0.2, 0.25) is 0 Å². The van der Waals surface area contributed by atoms with Crippen molar-refractivity contribution in [2.24, 2.45) is 0 Å². The number of carbonyl (C=O) groups excluding carboxylic acids is 1. The minimum atomic E-state index is 0.837. The average Bonchev–Trinajstić information content (AvgIpc) is 3.54. The molecule has 2 nitrogen and oxygen atoms in total. The zero-order chi connectivity index (χ0) is 36.7. The lowest BCUT2D eigenvalue weighted by molar-refractivity contribution is -0.491. The monoisotopic (exact) mass is 693 g/mol. The molecule has 0 amide bonds. The van der Waals surface area contributed by atoms with E-state index in [-0.39, 0.29) is 0 Å². The van der Waals surface area contributed by atoms with E-state index in [1.165, 1.54) is 50.2 Å². The fourth-order valence-corrected chi connectivity index (χ4v) is 8.50.